The lowest BCUT2D eigenvalue weighted by Gasteiger charge is -2.16. The Kier molecular flexibility index (Phi) is 4.22. The van der Waals surface area contributed by atoms with Crippen LogP contribution in [0.15, 0.2) is 24.3 Å². The van der Waals surface area contributed by atoms with Crippen LogP contribution in [-0.2, 0) is 25.6 Å². The van der Waals surface area contributed by atoms with Crippen LogP contribution in [0.4, 0.5) is 0 Å². The number of rotatable bonds is 4. The topological polar surface area (TPSA) is 71.5 Å². The lowest BCUT2D eigenvalue weighted by Crippen LogP contribution is -2.32. The highest BCUT2D eigenvalue weighted by Crippen LogP contribution is 2.21. The van der Waals surface area contributed by atoms with Gasteiger partial charge >= 0.3 is 0 Å². The van der Waals surface area contributed by atoms with E-state index in [0.29, 0.717) is 6.42 Å². The molecule has 1 heterocycles. The van der Waals surface area contributed by atoms with Gasteiger partial charge in [0.15, 0.2) is 9.84 Å². The number of benzene rings is 1. The van der Waals surface area contributed by atoms with E-state index < -0.39 is 25.1 Å². The number of sulfone groups is 1. The summed E-state index contributed by atoms with van der Waals surface area (Å²) in [5.41, 5.74) is 1.74. The number of sulfonamides is 1. The van der Waals surface area contributed by atoms with Crippen molar-refractivity contribution in [2.45, 2.75) is 24.3 Å². The molecule has 1 aliphatic heterocycles. The van der Waals surface area contributed by atoms with E-state index in [9.17, 15) is 16.8 Å². The van der Waals surface area contributed by atoms with E-state index in [0.717, 1.165) is 17.4 Å². The fourth-order valence-corrected chi connectivity index (χ4v) is 5.06. The van der Waals surface area contributed by atoms with Crippen LogP contribution >= 0.6 is 0 Å². The van der Waals surface area contributed by atoms with Crippen molar-refractivity contribution < 1.29 is 16.8 Å². The Bertz CT molecular complexity index is 695. The maximum Gasteiger partial charge on any atom is 0.218 e. The molecule has 1 aliphatic rings. The van der Waals surface area contributed by atoms with Crippen LogP contribution in [0, 0.1) is 6.92 Å². The Morgan fingerprint density at radius 1 is 1.25 bits per heavy atom. The molecular formula is C13H19NO4S2. The predicted octanol–water partition coefficient (Wildman–Crippen LogP) is 0.944. The summed E-state index contributed by atoms with van der Waals surface area (Å²) in [5, 5.41) is -0.574. The van der Waals surface area contributed by atoms with Crippen LogP contribution in [0.3, 0.4) is 0 Å². The zero-order chi connectivity index (χ0) is 15.0. The molecule has 0 N–H and O–H groups in total. The van der Waals surface area contributed by atoms with Gasteiger partial charge in [0.1, 0.15) is 0 Å². The van der Waals surface area contributed by atoms with E-state index in [1.54, 1.807) is 6.07 Å². The average Bonchev–Trinajstić information content (AvgIpc) is 2.77. The van der Waals surface area contributed by atoms with Gasteiger partial charge in [0.05, 0.1) is 11.0 Å². The normalized spacial score (nSPS) is 21.2. The zero-order valence-corrected chi connectivity index (χ0v) is 13.2. The van der Waals surface area contributed by atoms with Gasteiger partial charge in [-0.15, -0.1) is 0 Å². The number of hydrogen-bond donors (Lipinski definition) is 0. The van der Waals surface area contributed by atoms with Crippen molar-refractivity contribution in [3.05, 3.63) is 35.4 Å². The van der Waals surface area contributed by atoms with Crippen LogP contribution in [0.5, 0.6) is 0 Å². The zero-order valence-electron chi connectivity index (χ0n) is 11.6. The third kappa shape index (κ3) is 3.59. The highest BCUT2D eigenvalue weighted by molar-refractivity contribution is 7.91. The molecule has 2 rings (SSSR count). The highest BCUT2D eigenvalue weighted by atomic mass is 32.2. The molecule has 0 spiro atoms. The first-order chi connectivity index (χ1) is 9.18. The fraction of sp³-hybridized carbons (Fsp3) is 0.538. The van der Waals surface area contributed by atoms with E-state index >= 15 is 0 Å². The van der Waals surface area contributed by atoms with Gasteiger partial charge in [0.2, 0.25) is 10.0 Å². The summed E-state index contributed by atoms with van der Waals surface area (Å²) in [6, 6.07) is 7.34. The minimum Gasteiger partial charge on any atom is -0.229 e. The molecule has 112 valence electrons. The van der Waals surface area contributed by atoms with E-state index in [-0.39, 0.29) is 18.8 Å². The molecule has 1 aromatic rings. The molecule has 0 saturated carbocycles. The molecule has 0 unspecified atom stereocenters. The van der Waals surface area contributed by atoms with Gasteiger partial charge < -0.3 is 0 Å². The first-order valence-electron chi connectivity index (χ1n) is 6.41. The van der Waals surface area contributed by atoms with Crippen molar-refractivity contribution >= 4 is 19.9 Å². The Labute approximate surface area is 120 Å². The van der Waals surface area contributed by atoms with Gasteiger partial charge in [-0.2, -0.15) is 0 Å². The minimum atomic E-state index is -3.45. The molecule has 0 aromatic heterocycles. The van der Waals surface area contributed by atoms with Crippen LogP contribution in [-0.4, -0.2) is 45.7 Å². The Morgan fingerprint density at radius 2 is 1.95 bits per heavy atom. The van der Waals surface area contributed by atoms with E-state index in [2.05, 4.69) is 0 Å². The van der Waals surface area contributed by atoms with Gasteiger partial charge in [-0.1, -0.05) is 29.8 Å². The number of nitrogens with zero attached hydrogens (tertiary/aromatic N) is 1. The van der Waals surface area contributed by atoms with Crippen molar-refractivity contribution in [1.29, 1.82) is 0 Å². The monoisotopic (exact) mass is 317 g/mol. The second-order valence-electron chi connectivity index (χ2n) is 5.34. The van der Waals surface area contributed by atoms with Crippen LogP contribution in [0.2, 0.25) is 0 Å². The van der Waals surface area contributed by atoms with E-state index in [1.165, 1.54) is 4.31 Å². The molecule has 1 atom stereocenters. The molecule has 1 saturated heterocycles. The van der Waals surface area contributed by atoms with E-state index in [1.807, 2.05) is 25.1 Å². The van der Waals surface area contributed by atoms with Crippen molar-refractivity contribution in [1.82, 2.24) is 4.31 Å². The molecule has 1 fully saturated rings. The summed E-state index contributed by atoms with van der Waals surface area (Å²) in [5.74, 6) is -0.0782. The summed E-state index contributed by atoms with van der Waals surface area (Å²) in [6.45, 7) is 2.27. The fourth-order valence-electron chi connectivity index (χ4n) is 2.40. The van der Waals surface area contributed by atoms with Gasteiger partial charge in [0, 0.05) is 19.3 Å². The molecular weight excluding hydrogens is 298 g/mol. The minimum absolute atomic E-state index is 0.0764. The van der Waals surface area contributed by atoms with Crippen LogP contribution < -0.4 is 0 Å². The van der Waals surface area contributed by atoms with Gasteiger partial charge in [0.25, 0.3) is 0 Å². The summed E-state index contributed by atoms with van der Waals surface area (Å²) in [4.78, 5) is 0. The smallest absolute Gasteiger partial charge is 0.218 e. The molecule has 0 aliphatic carbocycles. The first-order valence-corrected chi connectivity index (χ1v) is 9.97. The second kappa shape index (κ2) is 5.46. The summed E-state index contributed by atoms with van der Waals surface area (Å²) < 4.78 is 48.9. The third-order valence-electron chi connectivity index (χ3n) is 3.54. The number of hydrogen-bond acceptors (Lipinski definition) is 4. The van der Waals surface area contributed by atoms with Gasteiger partial charge in [-0.25, -0.2) is 21.1 Å². The largest absolute Gasteiger partial charge is 0.229 e. The predicted molar refractivity (Wildman–Crippen MR) is 78.6 cm³/mol. The lowest BCUT2D eigenvalue weighted by molar-refractivity contribution is 0.476. The summed E-state index contributed by atoms with van der Waals surface area (Å²) >= 11 is 0. The number of aryl methyl sites for hydroxylation is 1. The summed E-state index contributed by atoms with van der Waals surface area (Å²) in [6.07, 6.45) is 1.54. The quantitative estimate of drug-likeness (QED) is 0.829. The Morgan fingerprint density at radius 3 is 2.50 bits per heavy atom. The van der Waals surface area contributed by atoms with Crippen molar-refractivity contribution in [2.75, 3.05) is 19.3 Å². The van der Waals surface area contributed by atoms with Gasteiger partial charge in [-0.3, -0.25) is 0 Å². The Balaban J connectivity index is 2.13. The first kappa shape index (κ1) is 15.5. The standard InChI is InChI=1S/C13H19NO4S2/c1-11-4-3-5-12(8-11)10-20(17,18)14-7-6-13(9-14)19(2,15)16/h3-5,8,13H,6-7,9-10H2,1-2H3/t13-/m0/s1. The van der Waals surface area contributed by atoms with Crippen molar-refractivity contribution in [2.24, 2.45) is 0 Å². The van der Waals surface area contributed by atoms with E-state index in [4.69, 9.17) is 0 Å². The van der Waals surface area contributed by atoms with Crippen LogP contribution in [0.25, 0.3) is 0 Å². The van der Waals surface area contributed by atoms with Crippen molar-refractivity contribution in [3.8, 4) is 0 Å². The maximum atomic E-state index is 12.3. The Hall–Kier alpha value is -0.920. The third-order valence-corrected chi connectivity index (χ3v) is 6.95. The molecule has 20 heavy (non-hydrogen) atoms. The molecule has 0 amide bonds. The SMILES string of the molecule is Cc1cccc(CS(=O)(=O)N2CC[C@H](S(C)(=O)=O)C2)c1. The molecule has 5 nitrogen and oxygen atoms in total. The maximum absolute atomic E-state index is 12.3. The summed E-state index contributed by atoms with van der Waals surface area (Å²) in [7, 11) is -6.64. The second-order valence-corrected chi connectivity index (χ2v) is 9.64. The molecule has 0 bridgehead atoms. The average molecular weight is 317 g/mol. The van der Waals surface area contributed by atoms with Crippen molar-refractivity contribution in [3.63, 3.8) is 0 Å². The molecule has 7 heteroatoms. The van der Waals surface area contributed by atoms with Crippen LogP contribution in [0.1, 0.15) is 17.5 Å². The molecule has 1 aromatic carbocycles. The molecule has 0 radical (unpaired) electrons. The van der Waals surface area contributed by atoms with Gasteiger partial charge in [-0.05, 0) is 18.9 Å². The highest BCUT2D eigenvalue weighted by Gasteiger charge is 2.36. The lowest BCUT2D eigenvalue weighted by atomic mass is 10.2.